The van der Waals surface area contributed by atoms with Crippen molar-refractivity contribution >= 4 is 40.5 Å². The van der Waals surface area contributed by atoms with E-state index < -0.39 is 0 Å². The van der Waals surface area contributed by atoms with Gasteiger partial charge in [-0.1, -0.05) is 48.9 Å². The highest BCUT2D eigenvalue weighted by Gasteiger charge is 2.32. The maximum absolute atomic E-state index is 12.9. The normalized spacial score (nSPS) is 16.0. The van der Waals surface area contributed by atoms with Gasteiger partial charge in [0.15, 0.2) is 0 Å². The van der Waals surface area contributed by atoms with Crippen molar-refractivity contribution in [1.29, 1.82) is 0 Å². The molecule has 2 aromatic carbocycles. The second-order valence-electron chi connectivity index (χ2n) is 7.58. The molecule has 0 bridgehead atoms. The number of amides is 1. The minimum absolute atomic E-state index is 0.217. The number of carbonyl (C=O) groups is 1. The summed E-state index contributed by atoms with van der Waals surface area (Å²) in [5, 5.41) is 7.78. The van der Waals surface area contributed by atoms with E-state index in [0.717, 1.165) is 31.4 Å². The topological polar surface area (TPSA) is 76.4 Å². The lowest BCUT2D eigenvalue weighted by Gasteiger charge is -2.35. The molecule has 1 amide bonds. The van der Waals surface area contributed by atoms with Crippen molar-refractivity contribution in [3.8, 4) is 5.75 Å². The van der Waals surface area contributed by atoms with Crippen molar-refractivity contribution in [1.82, 2.24) is 5.32 Å². The van der Waals surface area contributed by atoms with Crippen molar-refractivity contribution in [2.45, 2.75) is 44.1 Å². The van der Waals surface area contributed by atoms with Crippen molar-refractivity contribution in [3.05, 3.63) is 52.0 Å². The molecule has 1 aliphatic carbocycles. The fourth-order valence-corrected chi connectivity index (χ4v) is 4.14. The average molecular weight is 436 g/mol. The van der Waals surface area contributed by atoms with Gasteiger partial charge in [0.25, 0.3) is 5.91 Å². The molecule has 0 unspecified atom stereocenters. The van der Waals surface area contributed by atoms with Crippen LogP contribution in [0.1, 0.15) is 48.9 Å². The molecule has 0 radical (unpaired) electrons. The molecular formula is C22H27Cl2N3O2. The Balaban J connectivity index is 1.78. The zero-order valence-corrected chi connectivity index (χ0v) is 18.1. The third-order valence-corrected chi connectivity index (χ3v) is 6.04. The third kappa shape index (κ3) is 5.49. The van der Waals surface area contributed by atoms with E-state index in [1.165, 1.54) is 20.0 Å². The minimum atomic E-state index is -0.231. The molecule has 1 aliphatic rings. The summed E-state index contributed by atoms with van der Waals surface area (Å²) in [5.74, 6) is 0.176. The number of methoxy groups -OCH3 is 1. The fourth-order valence-electron chi connectivity index (χ4n) is 3.85. The molecule has 2 aromatic rings. The Labute approximate surface area is 181 Å². The summed E-state index contributed by atoms with van der Waals surface area (Å²) in [6.07, 6.45) is 6.62. The molecule has 4 N–H and O–H groups in total. The molecule has 156 valence electrons. The number of hydrogen-bond acceptors (Lipinski definition) is 4. The largest absolute Gasteiger partial charge is 0.496 e. The smallest absolute Gasteiger partial charge is 0.255 e. The molecule has 1 fully saturated rings. The first kappa shape index (κ1) is 21.6. The van der Waals surface area contributed by atoms with Crippen LogP contribution in [0.2, 0.25) is 10.0 Å². The maximum atomic E-state index is 12.9. The van der Waals surface area contributed by atoms with Gasteiger partial charge in [0.2, 0.25) is 0 Å². The summed E-state index contributed by atoms with van der Waals surface area (Å²) >= 11 is 12.1. The van der Waals surface area contributed by atoms with Gasteiger partial charge in [-0.15, -0.1) is 0 Å². The van der Waals surface area contributed by atoms with Gasteiger partial charge in [-0.25, -0.2) is 0 Å². The molecule has 0 atom stereocenters. The number of halogens is 2. The number of rotatable bonds is 6. The summed E-state index contributed by atoms with van der Waals surface area (Å²) < 4.78 is 5.32. The first-order valence-corrected chi connectivity index (χ1v) is 10.6. The molecular weight excluding hydrogens is 409 g/mol. The quantitative estimate of drug-likeness (QED) is 0.412. The summed E-state index contributed by atoms with van der Waals surface area (Å²) in [5.41, 5.74) is 7.37. The van der Waals surface area contributed by atoms with Crippen LogP contribution in [-0.4, -0.2) is 25.1 Å². The molecule has 0 spiro atoms. The monoisotopic (exact) mass is 435 g/mol. The van der Waals surface area contributed by atoms with Gasteiger partial charge >= 0.3 is 0 Å². The van der Waals surface area contributed by atoms with Crippen LogP contribution in [0.25, 0.3) is 0 Å². The molecule has 3 rings (SSSR count). The van der Waals surface area contributed by atoms with Crippen LogP contribution in [0.15, 0.2) is 36.4 Å². The Morgan fingerprint density at radius 1 is 1.10 bits per heavy atom. The Morgan fingerprint density at radius 3 is 2.38 bits per heavy atom. The van der Waals surface area contributed by atoms with Crippen LogP contribution >= 0.6 is 23.2 Å². The first-order chi connectivity index (χ1) is 13.9. The number of ether oxygens (including phenoxy) is 1. The lowest BCUT2D eigenvalue weighted by molar-refractivity contribution is 0.0940. The summed E-state index contributed by atoms with van der Waals surface area (Å²) in [4.78, 5) is 12.9. The Kier molecular flexibility index (Phi) is 7.14. The Morgan fingerprint density at radius 2 is 1.76 bits per heavy atom. The van der Waals surface area contributed by atoms with Crippen LogP contribution in [0, 0.1) is 0 Å². The molecule has 0 saturated heterocycles. The predicted molar refractivity (Wildman–Crippen MR) is 120 cm³/mol. The molecule has 5 nitrogen and oxygen atoms in total. The number of anilines is 2. The molecule has 29 heavy (non-hydrogen) atoms. The zero-order valence-electron chi connectivity index (χ0n) is 16.6. The number of nitrogens with two attached hydrogens (primary N) is 1. The van der Waals surface area contributed by atoms with Gasteiger partial charge < -0.3 is 21.1 Å². The van der Waals surface area contributed by atoms with Gasteiger partial charge in [-0.2, -0.15) is 0 Å². The molecule has 7 heteroatoms. The Hall–Kier alpha value is -2.11. The summed E-state index contributed by atoms with van der Waals surface area (Å²) in [6.45, 7) is 0.500. The van der Waals surface area contributed by atoms with E-state index in [9.17, 15) is 4.79 Å². The zero-order chi connectivity index (χ0) is 20.9. The predicted octanol–water partition coefficient (Wildman–Crippen LogP) is 5.52. The van der Waals surface area contributed by atoms with E-state index >= 15 is 0 Å². The number of nitrogens with one attached hydrogen (secondary N) is 2. The van der Waals surface area contributed by atoms with Crippen LogP contribution in [0.3, 0.4) is 0 Å². The van der Waals surface area contributed by atoms with E-state index in [-0.39, 0.29) is 11.4 Å². The van der Waals surface area contributed by atoms with E-state index in [0.29, 0.717) is 33.6 Å². The summed E-state index contributed by atoms with van der Waals surface area (Å²) in [6, 6.07) is 10.8. The van der Waals surface area contributed by atoms with E-state index in [1.54, 1.807) is 12.1 Å². The highest BCUT2D eigenvalue weighted by atomic mass is 35.5. The second kappa shape index (κ2) is 9.59. The average Bonchev–Trinajstić information content (AvgIpc) is 2.95. The van der Waals surface area contributed by atoms with Gasteiger partial charge in [0.1, 0.15) is 5.75 Å². The van der Waals surface area contributed by atoms with Crippen molar-refractivity contribution < 1.29 is 9.53 Å². The highest BCUT2D eigenvalue weighted by Crippen LogP contribution is 2.32. The molecule has 0 aromatic heterocycles. The van der Waals surface area contributed by atoms with E-state index in [1.807, 2.05) is 24.3 Å². The lowest BCUT2D eigenvalue weighted by atomic mass is 9.89. The van der Waals surface area contributed by atoms with E-state index in [2.05, 4.69) is 10.6 Å². The number of benzene rings is 2. The molecule has 1 saturated carbocycles. The number of hydrogen-bond donors (Lipinski definition) is 3. The fraction of sp³-hybridized carbons (Fsp3) is 0.409. The SMILES string of the molecule is COc1cc(N)c(Cl)cc1C(=O)NCC1(Nc2ccc(Cl)cc2)CCCCCC1. The lowest BCUT2D eigenvalue weighted by Crippen LogP contribution is -2.48. The second-order valence-corrected chi connectivity index (χ2v) is 8.43. The van der Waals surface area contributed by atoms with Crippen LogP contribution in [-0.2, 0) is 0 Å². The molecule has 0 heterocycles. The van der Waals surface area contributed by atoms with Gasteiger partial charge in [0, 0.05) is 23.3 Å². The van der Waals surface area contributed by atoms with Crippen LogP contribution < -0.4 is 21.1 Å². The van der Waals surface area contributed by atoms with Gasteiger partial charge in [-0.3, -0.25) is 4.79 Å². The summed E-state index contributed by atoms with van der Waals surface area (Å²) in [7, 11) is 1.51. The number of carbonyl (C=O) groups excluding carboxylic acids is 1. The molecule has 0 aliphatic heterocycles. The van der Waals surface area contributed by atoms with Crippen molar-refractivity contribution in [2.75, 3.05) is 24.7 Å². The standard InChI is InChI=1S/C22H27Cl2N3O2/c1-29-20-13-19(25)18(24)12-17(20)21(28)26-14-22(10-4-2-3-5-11-22)27-16-8-6-15(23)7-9-16/h6-9,12-13,27H,2-5,10-11,14,25H2,1H3,(H,26,28). The third-order valence-electron chi connectivity index (χ3n) is 5.47. The minimum Gasteiger partial charge on any atom is -0.496 e. The van der Waals surface area contributed by atoms with Crippen LogP contribution in [0.4, 0.5) is 11.4 Å². The highest BCUT2D eigenvalue weighted by molar-refractivity contribution is 6.33. The van der Waals surface area contributed by atoms with Gasteiger partial charge in [0.05, 0.1) is 28.9 Å². The van der Waals surface area contributed by atoms with Crippen molar-refractivity contribution in [2.24, 2.45) is 0 Å². The van der Waals surface area contributed by atoms with Crippen LogP contribution in [0.5, 0.6) is 5.75 Å². The maximum Gasteiger partial charge on any atom is 0.255 e. The first-order valence-electron chi connectivity index (χ1n) is 9.87. The Bertz CT molecular complexity index is 848. The number of nitrogen functional groups attached to an aromatic ring is 1. The van der Waals surface area contributed by atoms with Gasteiger partial charge in [-0.05, 0) is 43.2 Å². The van der Waals surface area contributed by atoms with Crippen molar-refractivity contribution in [3.63, 3.8) is 0 Å². The van der Waals surface area contributed by atoms with E-state index in [4.69, 9.17) is 33.7 Å².